The minimum atomic E-state index is -0.365. The van der Waals surface area contributed by atoms with Gasteiger partial charge in [0.05, 0.1) is 6.04 Å². The molecule has 0 bridgehead atoms. The Labute approximate surface area is 181 Å². The molecule has 2 aromatic rings. The molecular formula is C23H25ClN4O2. The Morgan fingerprint density at radius 3 is 2.40 bits per heavy atom. The number of nitrogens with zero attached hydrogens (tertiary/aromatic N) is 3. The van der Waals surface area contributed by atoms with E-state index in [2.05, 4.69) is 15.3 Å². The third-order valence-electron chi connectivity index (χ3n) is 5.50. The predicted molar refractivity (Wildman–Crippen MR) is 118 cm³/mol. The summed E-state index contributed by atoms with van der Waals surface area (Å²) in [5, 5.41) is 9.51. The molecule has 1 N–H and O–H groups in total. The molecule has 6 nitrogen and oxygen atoms in total. The molecule has 30 heavy (non-hydrogen) atoms. The van der Waals surface area contributed by atoms with Gasteiger partial charge in [-0.3, -0.25) is 9.59 Å². The molecule has 1 unspecified atom stereocenters. The highest BCUT2D eigenvalue weighted by Gasteiger charge is 2.35. The van der Waals surface area contributed by atoms with Crippen molar-refractivity contribution in [1.82, 2.24) is 9.91 Å². The van der Waals surface area contributed by atoms with Crippen LogP contribution in [0.25, 0.3) is 0 Å². The lowest BCUT2D eigenvalue weighted by atomic mass is 10.0. The van der Waals surface area contributed by atoms with Crippen LogP contribution in [0.5, 0.6) is 0 Å². The van der Waals surface area contributed by atoms with Gasteiger partial charge >= 0.3 is 0 Å². The van der Waals surface area contributed by atoms with Gasteiger partial charge in [0.15, 0.2) is 0 Å². The van der Waals surface area contributed by atoms with Crippen molar-refractivity contribution in [3.63, 3.8) is 0 Å². The Morgan fingerprint density at radius 1 is 1.00 bits per heavy atom. The molecule has 7 heteroatoms. The maximum Gasteiger partial charge on any atom is 0.252 e. The van der Waals surface area contributed by atoms with Gasteiger partial charge in [0.2, 0.25) is 5.91 Å². The molecule has 2 amide bonds. The van der Waals surface area contributed by atoms with Crippen LogP contribution in [0.4, 0.5) is 5.69 Å². The molecule has 1 saturated heterocycles. The van der Waals surface area contributed by atoms with Gasteiger partial charge in [-0.15, -0.1) is 0 Å². The number of amidine groups is 1. The van der Waals surface area contributed by atoms with E-state index in [1.54, 1.807) is 24.3 Å². The van der Waals surface area contributed by atoms with Crippen molar-refractivity contribution >= 4 is 34.9 Å². The Hall–Kier alpha value is -2.86. The van der Waals surface area contributed by atoms with E-state index in [0.717, 1.165) is 37.3 Å². The minimum Gasteiger partial charge on any atom is -0.359 e. The van der Waals surface area contributed by atoms with Crippen LogP contribution < -0.4 is 5.32 Å². The highest BCUT2D eigenvalue weighted by atomic mass is 35.5. The van der Waals surface area contributed by atoms with E-state index < -0.39 is 0 Å². The van der Waals surface area contributed by atoms with Gasteiger partial charge in [-0.2, -0.15) is 5.10 Å². The quantitative estimate of drug-likeness (QED) is 0.738. The van der Waals surface area contributed by atoms with Crippen molar-refractivity contribution in [3.8, 4) is 0 Å². The number of anilines is 1. The molecule has 0 aliphatic carbocycles. The number of likely N-dealkylation sites (tertiary alicyclic amines) is 1. The molecule has 2 aromatic carbocycles. The van der Waals surface area contributed by atoms with Crippen molar-refractivity contribution in [2.24, 2.45) is 5.10 Å². The van der Waals surface area contributed by atoms with Crippen LogP contribution in [0.3, 0.4) is 0 Å². The SMILES string of the molecule is O=C(CC(=O)N1N=C(N2CCCCC2)CC1c1ccccc1)Nc1ccc(Cl)cc1. The number of amides is 2. The van der Waals surface area contributed by atoms with Crippen molar-refractivity contribution in [2.45, 2.75) is 38.1 Å². The number of benzene rings is 2. The third kappa shape index (κ3) is 4.82. The second-order valence-electron chi connectivity index (χ2n) is 7.66. The number of hydrazone groups is 1. The van der Waals surface area contributed by atoms with E-state index in [4.69, 9.17) is 11.6 Å². The molecule has 2 heterocycles. The molecule has 1 atom stereocenters. The van der Waals surface area contributed by atoms with Gasteiger partial charge < -0.3 is 10.2 Å². The first-order valence-electron chi connectivity index (χ1n) is 10.3. The number of nitrogens with one attached hydrogen (secondary N) is 1. The van der Waals surface area contributed by atoms with Crippen LogP contribution in [0, 0.1) is 0 Å². The number of hydrogen-bond acceptors (Lipinski definition) is 4. The highest BCUT2D eigenvalue weighted by Crippen LogP contribution is 2.33. The van der Waals surface area contributed by atoms with Gasteiger partial charge in [0.1, 0.15) is 12.3 Å². The molecule has 1 fully saturated rings. The molecule has 0 saturated carbocycles. The van der Waals surface area contributed by atoms with Gasteiger partial charge in [0.25, 0.3) is 5.91 Å². The summed E-state index contributed by atoms with van der Waals surface area (Å²) in [6.45, 7) is 1.94. The lowest BCUT2D eigenvalue weighted by Crippen LogP contribution is -2.34. The summed E-state index contributed by atoms with van der Waals surface area (Å²) in [6, 6.07) is 16.5. The summed E-state index contributed by atoms with van der Waals surface area (Å²) in [5.74, 6) is 0.271. The molecule has 0 spiro atoms. The molecule has 0 radical (unpaired) electrons. The van der Waals surface area contributed by atoms with Crippen LogP contribution in [0.2, 0.25) is 5.02 Å². The van der Waals surface area contributed by atoms with Crippen LogP contribution >= 0.6 is 11.6 Å². The lowest BCUT2D eigenvalue weighted by molar-refractivity contribution is -0.136. The van der Waals surface area contributed by atoms with E-state index in [1.165, 1.54) is 11.4 Å². The van der Waals surface area contributed by atoms with Crippen LogP contribution in [0.1, 0.15) is 43.7 Å². The topological polar surface area (TPSA) is 65.0 Å². The third-order valence-corrected chi connectivity index (χ3v) is 5.75. The summed E-state index contributed by atoms with van der Waals surface area (Å²) < 4.78 is 0. The van der Waals surface area contributed by atoms with Crippen LogP contribution in [-0.4, -0.2) is 40.6 Å². The first kappa shape index (κ1) is 20.4. The van der Waals surface area contributed by atoms with Crippen LogP contribution in [-0.2, 0) is 9.59 Å². The first-order chi connectivity index (χ1) is 14.6. The zero-order valence-corrected chi connectivity index (χ0v) is 17.5. The number of carbonyl (C=O) groups excluding carboxylic acids is 2. The predicted octanol–water partition coefficient (Wildman–Crippen LogP) is 4.44. The number of rotatable bonds is 4. The molecule has 4 rings (SSSR count). The van der Waals surface area contributed by atoms with E-state index in [-0.39, 0.29) is 24.3 Å². The van der Waals surface area contributed by atoms with Gasteiger partial charge in [-0.25, -0.2) is 5.01 Å². The standard InChI is InChI=1S/C23H25ClN4O2/c24-18-9-11-19(12-10-18)25-22(29)16-23(30)28-20(17-7-3-1-4-8-17)15-21(26-28)27-13-5-2-6-14-27/h1,3-4,7-12,20H,2,5-6,13-16H2,(H,25,29). The van der Waals surface area contributed by atoms with E-state index in [1.807, 2.05) is 30.3 Å². The highest BCUT2D eigenvalue weighted by molar-refractivity contribution is 6.30. The number of halogens is 1. The lowest BCUT2D eigenvalue weighted by Gasteiger charge is -2.28. The molecular weight excluding hydrogens is 400 g/mol. The van der Waals surface area contributed by atoms with Crippen molar-refractivity contribution < 1.29 is 9.59 Å². The zero-order valence-electron chi connectivity index (χ0n) is 16.8. The van der Waals surface area contributed by atoms with E-state index in [0.29, 0.717) is 17.1 Å². The normalized spacial score (nSPS) is 18.8. The number of piperidine rings is 1. The maximum atomic E-state index is 13.0. The summed E-state index contributed by atoms with van der Waals surface area (Å²) in [6.07, 6.45) is 3.94. The van der Waals surface area contributed by atoms with Gasteiger partial charge in [-0.1, -0.05) is 41.9 Å². The van der Waals surface area contributed by atoms with Crippen LogP contribution in [0.15, 0.2) is 59.7 Å². The molecule has 2 aliphatic heterocycles. The fraction of sp³-hybridized carbons (Fsp3) is 0.348. The fourth-order valence-electron chi connectivity index (χ4n) is 3.96. The summed E-state index contributed by atoms with van der Waals surface area (Å²) in [7, 11) is 0. The first-order valence-corrected chi connectivity index (χ1v) is 10.7. The monoisotopic (exact) mass is 424 g/mol. The largest absolute Gasteiger partial charge is 0.359 e. The Kier molecular flexibility index (Phi) is 6.33. The van der Waals surface area contributed by atoms with Crippen molar-refractivity contribution in [3.05, 3.63) is 65.2 Å². The smallest absolute Gasteiger partial charge is 0.252 e. The Bertz CT molecular complexity index is 924. The summed E-state index contributed by atoms with van der Waals surface area (Å²) >= 11 is 5.88. The second kappa shape index (κ2) is 9.30. The Balaban J connectivity index is 1.48. The fourth-order valence-corrected chi connectivity index (χ4v) is 4.09. The van der Waals surface area contributed by atoms with E-state index >= 15 is 0 Å². The minimum absolute atomic E-state index is 0.182. The number of carbonyl (C=O) groups is 2. The molecule has 0 aromatic heterocycles. The molecule has 156 valence electrons. The Morgan fingerprint density at radius 2 is 1.70 bits per heavy atom. The van der Waals surface area contributed by atoms with Gasteiger partial charge in [-0.05, 0) is 49.1 Å². The maximum absolute atomic E-state index is 13.0. The summed E-state index contributed by atoms with van der Waals surface area (Å²) in [5.41, 5.74) is 1.63. The second-order valence-corrected chi connectivity index (χ2v) is 8.10. The van der Waals surface area contributed by atoms with Crippen molar-refractivity contribution in [2.75, 3.05) is 18.4 Å². The zero-order chi connectivity index (χ0) is 20.9. The average molecular weight is 425 g/mol. The van der Waals surface area contributed by atoms with E-state index in [9.17, 15) is 9.59 Å². The van der Waals surface area contributed by atoms with Crippen molar-refractivity contribution in [1.29, 1.82) is 0 Å². The summed E-state index contributed by atoms with van der Waals surface area (Å²) in [4.78, 5) is 27.7. The number of hydrogen-bond donors (Lipinski definition) is 1. The van der Waals surface area contributed by atoms with Gasteiger partial charge in [0, 0.05) is 30.2 Å². The molecule has 2 aliphatic rings. The average Bonchev–Trinajstić information content (AvgIpc) is 3.22.